The summed E-state index contributed by atoms with van der Waals surface area (Å²) in [5.41, 5.74) is 5.75. The van der Waals surface area contributed by atoms with Crippen molar-refractivity contribution in [3.8, 4) is 47.4 Å². The van der Waals surface area contributed by atoms with Crippen LogP contribution in [0.3, 0.4) is 0 Å². The summed E-state index contributed by atoms with van der Waals surface area (Å²) in [4.78, 5) is 0. The van der Waals surface area contributed by atoms with Crippen molar-refractivity contribution in [1.29, 1.82) is 0 Å². The maximum Gasteiger partial charge on any atom is 0.0256 e. The van der Waals surface area contributed by atoms with Gasteiger partial charge in [0.25, 0.3) is 0 Å². The highest BCUT2D eigenvalue weighted by molar-refractivity contribution is 5.49. The van der Waals surface area contributed by atoms with Crippen molar-refractivity contribution in [2.75, 3.05) is 0 Å². The van der Waals surface area contributed by atoms with E-state index in [0.717, 1.165) is 33.4 Å². The standard InChI is InChI=1S/C32H18/c1-3-9-27(10-4-1)15-21-31-23-17-29(18-24-31)13-7-8-14-30-19-25-32(26-20-30)22-16-28-11-5-2-6-12-28/h1-6,9-12,17-20,23-26H. The SMILES string of the molecule is C(C#Cc1ccc(C#Cc2ccccc2)cc1)#Cc1ccc(C#Cc2ccccc2)cc1. The van der Waals surface area contributed by atoms with E-state index in [0.29, 0.717) is 0 Å². The summed E-state index contributed by atoms with van der Waals surface area (Å²) >= 11 is 0. The lowest BCUT2D eigenvalue weighted by Crippen LogP contribution is -1.78. The molecule has 0 unspecified atom stereocenters. The van der Waals surface area contributed by atoms with E-state index < -0.39 is 0 Å². The van der Waals surface area contributed by atoms with Crippen LogP contribution in [-0.2, 0) is 0 Å². The first-order chi connectivity index (χ1) is 15.8. The molecule has 4 aromatic carbocycles. The summed E-state index contributed by atoms with van der Waals surface area (Å²) in [6, 6.07) is 35.6. The van der Waals surface area contributed by atoms with Gasteiger partial charge >= 0.3 is 0 Å². The van der Waals surface area contributed by atoms with E-state index in [9.17, 15) is 0 Å². The summed E-state index contributed by atoms with van der Waals surface area (Å²) in [6.07, 6.45) is 0. The molecule has 0 saturated heterocycles. The Morgan fingerprint density at radius 3 is 0.812 bits per heavy atom. The molecule has 146 valence electrons. The zero-order chi connectivity index (χ0) is 21.8. The summed E-state index contributed by atoms with van der Waals surface area (Å²) in [7, 11) is 0. The molecule has 0 heteroatoms. The lowest BCUT2D eigenvalue weighted by Gasteiger charge is -1.92. The normalized spacial score (nSPS) is 8.88. The van der Waals surface area contributed by atoms with Crippen molar-refractivity contribution in [3.63, 3.8) is 0 Å². The van der Waals surface area contributed by atoms with E-state index in [1.165, 1.54) is 0 Å². The first-order valence-electron chi connectivity index (χ1n) is 10.2. The molecule has 0 atom stereocenters. The van der Waals surface area contributed by atoms with Gasteiger partial charge in [-0.15, -0.1) is 0 Å². The topological polar surface area (TPSA) is 0 Å². The number of hydrogen-bond donors (Lipinski definition) is 0. The molecular formula is C32H18. The van der Waals surface area contributed by atoms with Gasteiger partial charge in [-0.1, -0.05) is 71.9 Å². The van der Waals surface area contributed by atoms with Crippen LogP contribution < -0.4 is 0 Å². The molecule has 4 aromatic rings. The highest BCUT2D eigenvalue weighted by atomic mass is 13.9. The van der Waals surface area contributed by atoms with Gasteiger partial charge < -0.3 is 0 Å². The van der Waals surface area contributed by atoms with Gasteiger partial charge in [0.15, 0.2) is 0 Å². The molecule has 0 N–H and O–H groups in total. The van der Waals surface area contributed by atoms with Crippen molar-refractivity contribution in [3.05, 3.63) is 143 Å². The van der Waals surface area contributed by atoms with Crippen LogP contribution in [0.4, 0.5) is 0 Å². The zero-order valence-electron chi connectivity index (χ0n) is 17.4. The predicted molar refractivity (Wildman–Crippen MR) is 131 cm³/mol. The van der Waals surface area contributed by atoms with E-state index in [-0.39, 0.29) is 0 Å². The van der Waals surface area contributed by atoms with E-state index in [1.54, 1.807) is 0 Å². The fraction of sp³-hybridized carbons (Fsp3) is 0. The van der Waals surface area contributed by atoms with Crippen molar-refractivity contribution in [2.45, 2.75) is 0 Å². The number of rotatable bonds is 0. The Balaban J connectivity index is 1.36. The minimum absolute atomic E-state index is 0.913. The smallest absolute Gasteiger partial charge is 0.0256 e. The number of hydrogen-bond acceptors (Lipinski definition) is 0. The Hall–Kier alpha value is -4.88. The van der Waals surface area contributed by atoms with Crippen LogP contribution in [0, 0.1) is 47.4 Å². The second-order valence-electron chi connectivity index (χ2n) is 6.89. The molecule has 4 rings (SSSR count). The van der Waals surface area contributed by atoms with Gasteiger partial charge in [-0.2, -0.15) is 0 Å². The Kier molecular flexibility index (Phi) is 6.86. The minimum atomic E-state index is 0.913. The second kappa shape index (κ2) is 10.8. The monoisotopic (exact) mass is 402 g/mol. The van der Waals surface area contributed by atoms with Crippen LogP contribution in [0.15, 0.2) is 109 Å². The van der Waals surface area contributed by atoms with Crippen LogP contribution >= 0.6 is 0 Å². The van der Waals surface area contributed by atoms with E-state index in [2.05, 4.69) is 47.4 Å². The summed E-state index contributed by atoms with van der Waals surface area (Å²) in [5, 5.41) is 0. The first kappa shape index (κ1) is 20.4. The Morgan fingerprint density at radius 2 is 0.500 bits per heavy atom. The number of benzene rings is 4. The third kappa shape index (κ3) is 6.31. The maximum atomic E-state index is 3.16. The third-order valence-corrected chi connectivity index (χ3v) is 4.50. The average molecular weight is 402 g/mol. The van der Waals surface area contributed by atoms with Crippen LogP contribution in [0.1, 0.15) is 33.4 Å². The molecule has 0 nitrogen and oxygen atoms in total. The lowest BCUT2D eigenvalue weighted by atomic mass is 10.1. The van der Waals surface area contributed by atoms with Crippen molar-refractivity contribution in [1.82, 2.24) is 0 Å². The van der Waals surface area contributed by atoms with Crippen molar-refractivity contribution < 1.29 is 0 Å². The summed E-state index contributed by atoms with van der Waals surface area (Å²) in [5.74, 6) is 24.6. The molecule has 0 amide bonds. The van der Waals surface area contributed by atoms with Crippen LogP contribution in [0.2, 0.25) is 0 Å². The molecule has 0 heterocycles. The largest absolute Gasteiger partial charge is 0.0622 e. The minimum Gasteiger partial charge on any atom is -0.0622 e. The predicted octanol–water partition coefficient (Wildman–Crippen LogP) is 5.89. The van der Waals surface area contributed by atoms with Gasteiger partial charge in [0.05, 0.1) is 0 Å². The molecular weight excluding hydrogens is 384 g/mol. The lowest BCUT2D eigenvalue weighted by molar-refractivity contribution is 1.59. The Labute approximate surface area is 190 Å². The zero-order valence-corrected chi connectivity index (χ0v) is 17.4. The highest BCUT2D eigenvalue weighted by Gasteiger charge is 1.90. The molecule has 32 heavy (non-hydrogen) atoms. The van der Waals surface area contributed by atoms with Gasteiger partial charge in [0, 0.05) is 33.4 Å². The summed E-state index contributed by atoms with van der Waals surface area (Å²) in [6.45, 7) is 0. The van der Waals surface area contributed by atoms with Gasteiger partial charge in [0.1, 0.15) is 0 Å². The Bertz CT molecular complexity index is 1310. The van der Waals surface area contributed by atoms with Crippen molar-refractivity contribution in [2.24, 2.45) is 0 Å². The molecule has 0 bridgehead atoms. The van der Waals surface area contributed by atoms with E-state index in [1.807, 2.05) is 109 Å². The van der Waals surface area contributed by atoms with Gasteiger partial charge in [0.2, 0.25) is 0 Å². The van der Waals surface area contributed by atoms with Gasteiger partial charge in [-0.25, -0.2) is 0 Å². The molecule has 0 aliphatic carbocycles. The second-order valence-corrected chi connectivity index (χ2v) is 6.89. The van der Waals surface area contributed by atoms with Crippen molar-refractivity contribution >= 4 is 0 Å². The van der Waals surface area contributed by atoms with Gasteiger partial charge in [-0.05, 0) is 84.6 Å². The fourth-order valence-corrected chi connectivity index (χ4v) is 2.81. The van der Waals surface area contributed by atoms with Crippen LogP contribution in [0.5, 0.6) is 0 Å². The van der Waals surface area contributed by atoms with Crippen LogP contribution in [-0.4, -0.2) is 0 Å². The quantitative estimate of drug-likeness (QED) is 0.322. The molecule has 0 aromatic heterocycles. The Morgan fingerprint density at radius 1 is 0.250 bits per heavy atom. The maximum absolute atomic E-state index is 3.16. The van der Waals surface area contributed by atoms with E-state index in [4.69, 9.17) is 0 Å². The molecule has 0 radical (unpaired) electrons. The average Bonchev–Trinajstić information content (AvgIpc) is 2.87. The molecule has 0 saturated carbocycles. The van der Waals surface area contributed by atoms with E-state index >= 15 is 0 Å². The third-order valence-electron chi connectivity index (χ3n) is 4.50. The fourth-order valence-electron chi connectivity index (χ4n) is 2.81. The van der Waals surface area contributed by atoms with Crippen LogP contribution in [0.25, 0.3) is 0 Å². The first-order valence-corrected chi connectivity index (χ1v) is 10.2. The summed E-state index contributed by atoms with van der Waals surface area (Å²) < 4.78 is 0. The molecule has 0 fully saturated rings. The molecule has 0 aliphatic rings. The van der Waals surface area contributed by atoms with Gasteiger partial charge in [-0.3, -0.25) is 0 Å². The molecule has 0 aliphatic heterocycles. The molecule has 0 spiro atoms. The highest BCUT2D eigenvalue weighted by Crippen LogP contribution is 2.04.